The third-order valence-corrected chi connectivity index (χ3v) is 5.67. The van der Waals surface area contributed by atoms with Crippen molar-refractivity contribution in [2.75, 3.05) is 6.54 Å². The number of nitrogens with two attached hydrogens (primary N) is 1. The Labute approximate surface area is 129 Å². The quantitative estimate of drug-likeness (QED) is 0.618. The van der Waals surface area contributed by atoms with Gasteiger partial charge in [0, 0.05) is 17.1 Å². The van der Waals surface area contributed by atoms with Crippen LogP contribution >= 0.6 is 15.9 Å². The van der Waals surface area contributed by atoms with Crippen LogP contribution in [0, 0.1) is 10.1 Å². The predicted molar refractivity (Wildman–Crippen MR) is 76.9 cm³/mol. The Morgan fingerprint density at radius 3 is 2.71 bits per heavy atom. The predicted octanol–water partition coefficient (Wildman–Crippen LogP) is 0.996. The van der Waals surface area contributed by atoms with E-state index in [0.717, 1.165) is 16.4 Å². The topological polar surface area (TPSA) is 124 Å². The molecule has 1 aliphatic heterocycles. The van der Waals surface area contributed by atoms with Crippen LogP contribution < -0.4 is 5.73 Å². The second kappa shape index (κ2) is 5.70. The van der Waals surface area contributed by atoms with E-state index in [1.807, 2.05) is 0 Å². The molecule has 0 aliphatic carbocycles. The molecule has 2 N–H and O–H groups in total. The van der Waals surface area contributed by atoms with Crippen LogP contribution in [0.25, 0.3) is 0 Å². The lowest BCUT2D eigenvalue weighted by molar-refractivity contribution is -0.387. The number of carbonyl (C=O) groups excluding carboxylic acids is 1. The average Bonchev–Trinajstić information content (AvgIpc) is 2.88. The molecule has 8 nitrogen and oxygen atoms in total. The van der Waals surface area contributed by atoms with Crippen LogP contribution in [0.2, 0.25) is 0 Å². The van der Waals surface area contributed by atoms with E-state index >= 15 is 0 Å². The Hall–Kier alpha value is -1.52. The third kappa shape index (κ3) is 2.92. The number of hydrogen-bond acceptors (Lipinski definition) is 5. The van der Waals surface area contributed by atoms with Gasteiger partial charge in [-0.05, 0) is 25.0 Å². The van der Waals surface area contributed by atoms with Gasteiger partial charge < -0.3 is 5.73 Å². The minimum absolute atomic E-state index is 0.111. The number of carbonyl (C=O) groups is 1. The van der Waals surface area contributed by atoms with Gasteiger partial charge in [-0.1, -0.05) is 15.9 Å². The summed E-state index contributed by atoms with van der Waals surface area (Å²) in [5, 5.41) is 11.0. The van der Waals surface area contributed by atoms with Gasteiger partial charge in [0.25, 0.3) is 15.7 Å². The van der Waals surface area contributed by atoms with Gasteiger partial charge in [0.1, 0.15) is 6.04 Å². The highest BCUT2D eigenvalue weighted by Crippen LogP contribution is 2.33. The molecule has 114 valence electrons. The largest absolute Gasteiger partial charge is 0.368 e. The molecule has 1 aromatic carbocycles. The molecular weight excluding hydrogens is 366 g/mol. The summed E-state index contributed by atoms with van der Waals surface area (Å²) in [6.07, 6.45) is 0.797. The zero-order chi connectivity index (χ0) is 15.8. The number of nitro benzene ring substituents is 1. The van der Waals surface area contributed by atoms with Crippen molar-refractivity contribution >= 4 is 37.5 Å². The number of sulfonamides is 1. The van der Waals surface area contributed by atoms with Gasteiger partial charge in [-0.15, -0.1) is 0 Å². The Morgan fingerprint density at radius 1 is 1.48 bits per heavy atom. The van der Waals surface area contributed by atoms with Crippen molar-refractivity contribution in [1.29, 1.82) is 0 Å². The van der Waals surface area contributed by atoms with E-state index < -0.39 is 37.5 Å². The molecule has 0 radical (unpaired) electrons. The summed E-state index contributed by atoms with van der Waals surface area (Å²) in [4.78, 5) is 21.2. The lowest BCUT2D eigenvalue weighted by Crippen LogP contribution is -2.43. The number of primary amides is 1. The number of benzene rings is 1. The smallest absolute Gasteiger partial charge is 0.289 e. The molecule has 1 amide bonds. The van der Waals surface area contributed by atoms with Crippen molar-refractivity contribution in [3.63, 3.8) is 0 Å². The van der Waals surface area contributed by atoms with E-state index in [9.17, 15) is 23.3 Å². The van der Waals surface area contributed by atoms with Crippen LogP contribution in [0.3, 0.4) is 0 Å². The molecule has 10 heteroatoms. The molecule has 1 saturated heterocycles. The number of nitro groups is 1. The van der Waals surface area contributed by atoms with Gasteiger partial charge in [0.05, 0.1) is 4.92 Å². The van der Waals surface area contributed by atoms with Gasteiger partial charge in [-0.3, -0.25) is 14.9 Å². The maximum absolute atomic E-state index is 12.6. The van der Waals surface area contributed by atoms with Crippen LogP contribution in [0.1, 0.15) is 12.8 Å². The maximum atomic E-state index is 12.6. The SMILES string of the molecule is NC(=O)C1CCCN1S(=O)(=O)c1cc(Br)ccc1[N+](=O)[O-]. The van der Waals surface area contributed by atoms with Crippen molar-refractivity contribution in [2.24, 2.45) is 5.73 Å². The first-order chi connectivity index (χ1) is 9.75. The van der Waals surface area contributed by atoms with E-state index in [1.165, 1.54) is 6.07 Å². The average molecular weight is 378 g/mol. The zero-order valence-corrected chi connectivity index (χ0v) is 13.1. The van der Waals surface area contributed by atoms with Crippen LogP contribution in [0.5, 0.6) is 0 Å². The molecule has 0 spiro atoms. The molecule has 0 bridgehead atoms. The summed E-state index contributed by atoms with van der Waals surface area (Å²) in [6.45, 7) is 0.111. The first-order valence-electron chi connectivity index (χ1n) is 6.00. The molecule has 0 aromatic heterocycles. The Balaban J connectivity index is 2.56. The standard InChI is InChI=1S/C11H12BrN3O5S/c12-7-3-4-8(15(17)18)10(6-7)21(19,20)14-5-1-2-9(14)11(13)16/h3-4,6,9H,1-2,5H2,(H2,13,16). The van der Waals surface area contributed by atoms with E-state index in [4.69, 9.17) is 5.73 Å². The summed E-state index contributed by atoms with van der Waals surface area (Å²) in [5.41, 5.74) is 4.67. The molecule has 1 aliphatic rings. The van der Waals surface area contributed by atoms with Crippen molar-refractivity contribution in [3.05, 3.63) is 32.8 Å². The highest BCUT2D eigenvalue weighted by molar-refractivity contribution is 9.10. The first-order valence-corrected chi connectivity index (χ1v) is 8.23. The molecule has 1 atom stereocenters. The fourth-order valence-electron chi connectivity index (χ4n) is 2.28. The van der Waals surface area contributed by atoms with Crippen molar-refractivity contribution in [2.45, 2.75) is 23.8 Å². The van der Waals surface area contributed by atoms with Gasteiger partial charge >= 0.3 is 0 Å². The summed E-state index contributed by atoms with van der Waals surface area (Å²) >= 11 is 3.09. The highest BCUT2D eigenvalue weighted by atomic mass is 79.9. The van der Waals surface area contributed by atoms with Gasteiger partial charge in [-0.25, -0.2) is 8.42 Å². The third-order valence-electron chi connectivity index (χ3n) is 3.24. The molecule has 1 unspecified atom stereocenters. The van der Waals surface area contributed by atoms with Crippen molar-refractivity contribution < 1.29 is 18.1 Å². The fraction of sp³-hybridized carbons (Fsp3) is 0.364. The highest BCUT2D eigenvalue weighted by Gasteiger charge is 2.41. The molecule has 0 saturated carbocycles. The Kier molecular flexibility index (Phi) is 4.30. The molecule has 21 heavy (non-hydrogen) atoms. The summed E-state index contributed by atoms with van der Waals surface area (Å²) < 4.78 is 26.6. The Bertz CT molecular complexity index is 706. The minimum Gasteiger partial charge on any atom is -0.368 e. The van der Waals surface area contributed by atoms with Crippen LogP contribution in [0.15, 0.2) is 27.6 Å². The molecule has 2 rings (SSSR count). The maximum Gasteiger partial charge on any atom is 0.289 e. The summed E-state index contributed by atoms with van der Waals surface area (Å²) in [7, 11) is -4.17. The molecule has 1 heterocycles. The summed E-state index contributed by atoms with van der Waals surface area (Å²) in [6, 6.07) is 2.68. The molecular formula is C11H12BrN3O5S. The minimum atomic E-state index is -4.17. The first kappa shape index (κ1) is 15.9. The number of halogens is 1. The lowest BCUT2D eigenvalue weighted by atomic mass is 10.2. The molecule has 1 fully saturated rings. The van der Waals surface area contributed by atoms with E-state index in [-0.39, 0.29) is 6.54 Å². The number of rotatable bonds is 4. The van der Waals surface area contributed by atoms with Crippen LogP contribution in [-0.2, 0) is 14.8 Å². The van der Waals surface area contributed by atoms with Crippen molar-refractivity contribution in [1.82, 2.24) is 4.31 Å². The number of nitrogens with zero attached hydrogens (tertiary/aromatic N) is 2. The summed E-state index contributed by atoms with van der Waals surface area (Å²) in [5.74, 6) is -0.756. The normalized spacial score (nSPS) is 19.6. The Morgan fingerprint density at radius 2 is 2.14 bits per heavy atom. The van der Waals surface area contributed by atoms with Crippen LogP contribution in [0.4, 0.5) is 5.69 Å². The van der Waals surface area contributed by atoms with Gasteiger partial charge in [-0.2, -0.15) is 4.31 Å². The van der Waals surface area contributed by atoms with Gasteiger partial charge in [0.15, 0.2) is 4.90 Å². The van der Waals surface area contributed by atoms with E-state index in [2.05, 4.69) is 15.9 Å². The lowest BCUT2D eigenvalue weighted by Gasteiger charge is -2.21. The fourth-order valence-corrected chi connectivity index (χ4v) is 4.65. The van der Waals surface area contributed by atoms with Gasteiger partial charge in [0.2, 0.25) is 5.91 Å². The van der Waals surface area contributed by atoms with Crippen molar-refractivity contribution in [3.8, 4) is 0 Å². The molecule has 1 aromatic rings. The zero-order valence-electron chi connectivity index (χ0n) is 10.7. The number of amides is 1. The second-order valence-electron chi connectivity index (χ2n) is 4.55. The van der Waals surface area contributed by atoms with Crippen LogP contribution in [-0.4, -0.2) is 36.1 Å². The monoisotopic (exact) mass is 377 g/mol. The second-order valence-corrected chi connectivity index (χ2v) is 7.32. The number of hydrogen-bond donors (Lipinski definition) is 1. The van der Waals surface area contributed by atoms with E-state index in [1.54, 1.807) is 0 Å². The van der Waals surface area contributed by atoms with E-state index in [0.29, 0.717) is 17.3 Å².